The molecule has 106 valence electrons. The predicted octanol–water partition coefficient (Wildman–Crippen LogP) is 1.74. The zero-order valence-corrected chi connectivity index (χ0v) is 12.0. The first-order valence-electron chi connectivity index (χ1n) is 6.97. The Morgan fingerprint density at radius 1 is 1.25 bits per heavy atom. The van der Waals surface area contributed by atoms with E-state index in [2.05, 4.69) is 19.8 Å². The first kappa shape index (κ1) is 13.1. The molecule has 0 amide bonds. The summed E-state index contributed by atoms with van der Waals surface area (Å²) in [5, 5.41) is 0. The average molecular weight is 272 g/mol. The first-order chi connectivity index (χ1) is 9.74. The lowest BCUT2D eigenvalue weighted by molar-refractivity contribution is 0.278. The Labute approximate surface area is 119 Å². The van der Waals surface area contributed by atoms with E-state index < -0.39 is 0 Å². The summed E-state index contributed by atoms with van der Waals surface area (Å²) in [5.74, 6) is 1.06. The number of anilines is 1. The van der Waals surface area contributed by atoms with Crippen LogP contribution in [-0.4, -0.2) is 42.1 Å². The quantitative estimate of drug-likeness (QED) is 0.851. The summed E-state index contributed by atoms with van der Waals surface area (Å²) in [6.45, 7) is 3.00. The maximum atomic E-state index is 5.14. The van der Waals surface area contributed by atoms with Crippen LogP contribution >= 0.6 is 0 Å². The maximum absolute atomic E-state index is 5.14. The van der Waals surface area contributed by atoms with Gasteiger partial charge < -0.3 is 9.32 Å². The second kappa shape index (κ2) is 5.63. The van der Waals surface area contributed by atoms with Crippen LogP contribution < -0.4 is 4.90 Å². The van der Waals surface area contributed by atoms with E-state index in [1.54, 1.807) is 12.6 Å². The van der Waals surface area contributed by atoms with Crippen molar-refractivity contribution < 1.29 is 4.42 Å². The van der Waals surface area contributed by atoms with Gasteiger partial charge in [-0.3, -0.25) is 4.90 Å². The fourth-order valence-corrected chi connectivity index (χ4v) is 2.74. The Kier molecular flexibility index (Phi) is 3.69. The minimum Gasteiger partial charge on any atom is -0.472 e. The van der Waals surface area contributed by atoms with Gasteiger partial charge in [0.25, 0.3) is 0 Å². The van der Waals surface area contributed by atoms with Crippen LogP contribution in [0.1, 0.15) is 16.8 Å². The molecule has 2 aromatic rings. The summed E-state index contributed by atoms with van der Waals surface area (Å²) < 4.78 is 5.14. The van der Waals surface area contributed by atoms with Crippen molar-refractivity contribution in [2.45, 2.75) is 19.4 Å². The van der Waals surface area contributed by atoms with Gasteiger partial charge in [-0.2, -0.15) is 0 Å². The Hall–Kier alpha value is -1.88. The van der Waals surface area contributed by atoms with Crippen molar-refractivity contribution in [1.82, 2.24) is 14.9 Å². The highest BCUT2D eigenvalue weighted by Gasteiger charge is 2.19. The molecule has 0 aromatic carbocycles. The molecule has 20 heavy (non-hydrogen) atoms. The number of fused-ring (bicyclic) bond motifs is 1. The van der Waals surface area contributed by atoms with Gasteiger partial charge in [0, 0.05) is 51.3 Å². The molecule has 0 saturated heterocycles. The summed E-state index contributed by atoms with van der Waals surface area (Å²) in [7, 11) is 4.08. The molecule has 0 aliphatic carbocycles. The summed E-state index contributed by atoms with van der Waals surface area (Å²) >= 11 is 0. The molecule has 0 unspecified atom stereocenters. The Bertz CT molecular complexity index is 565. The Morgan fingerprint density at radius 3 is 2.85 bits per heavy atom. The lowest BCUT2D eigenvalue weighted by Crippen LogP contribution is -2.25. The monoisotopic (exact) mass is 272 g/mol. The summed E-state index contributed by atoms with van der Waals surface area (Å²) in [5.41, 5.74) is 3.72. The molecule has 0 fully saturated rings. The van der Waals surface area contributed by atoms with E-state index in [0.29, 0.717) is 0 Å². The molecule has 1 aliphatic heterocycles. The van der Waals surface area contributed by atoms with Crippen molar-refractivity contribution in [2.24, 2.45) is 0 Å². The number of rotatable bonds is 3. The average Bonchev–Trinajstić information content (AvgIpc) is 2.86. The molecule has 2 aromatic heterocycles. The molecule has 0 spiro atoms. The number of furan rings is 1. The van der Waals surface area contributed by atoms with Crippen LogP contribution in [0.2, 0.25) is 0 Å². The van der Waals surface area contributed by atoms with Gasteiger partial charge >= 0.3 is 0 Å². The van der Waals surface area contributed by atoms with E-state index in [-0.39, 0.29) is 0 Å². The van der Waals surface area contributed by atoms with Gasteiger partial charge in [0.05, 0.1) is 18.2 Å². The van der Waals surface area contributed by atoms with Gasteiger partial charge in [-0.1, -0.05) is 0 Å². The molecule has 1 aliphatic rings. The van der Waals surface area contributed by atoms with Crippen LogP contribution in [0.5, 0.6) is 0 Å². The van der Waals surface area contributed by atoms with Crippen LogP contribution in [-0.2, 0) is 19.4 Å². The Morgan fingerprint density at radius 2 is 2.10 bits per heavy atom. The molecule has 5 heteroatoms. The topological polar surface area (TPSA) is 45.4 Å². The second-order valence-corrected chi connectivity index (χ2v) is 5.42. The molecule has 0 bridgehead atoms. The van der Waals surface area contributed by atoms with Crippen LogP contribution in [0.4, 0.5) is 5.82 Å². The van der Waals surface area contributed by atoms with Gasteiger partial charge in [-0.15, -0.1) is 0 Å². The number of hydrogen-bond donors (Lipinski definition) is 0. The van der Waals surface area contributed by atoms with E-state index >= 15 is 0 Å². The van der Waals surface area contributed by atoms with E-state index in [9.17, 15) is 0 Å². The van der Waals surface area contributed by atoms with Crippen LogP contribution in [0.3, 0.4) is 0 Å². The largest absolute Gasteiger partial charge is 0.472 e. The lowest BCUT2D eigenvalue weighted by Gasteiger charge is -2.19. The van der Waals surface area contributed by atoms with E-state index in [1.165, 1.54) is 16.8 Å². The van der Waals surface area contributed by atoms with Gasteiger partial charge in [0.2, 0.25) is 0 Å². The van der Waals surface area contributed by atoms with Gasteiger partial charge in [-0.05, 0) is 12.5 Å². The Balaban J connectivity index is 1.76. The molecule has 5 nitrogen and oxygen atoms in total. The highest BCUT2D eigenvalue weighted by molar-refractivity contribution is 5.48. The van der Waals surface area contributed by atoms with Gasteiger partial charge in [0.15, 0.2) is 0 Å². The summed E-state index contributed by atoms with van der Waals surface area (Å²) in [4.78, 5) is 13.4. The number of aromatic nitrogens is 2. The van der Waals surface area contributed by atoms with Crippen molar-refractivity contribution in [3.05, 3.63) is 41.7 Å². The van der Waals surface area contributed by atoms with Crippen LogP contribution in [0, 0.1) is 0 Å². The van der Waals surface area contributed by atoms with Crippen molar-refractivity contribution >= 4 is 5.82 Å². The SMILES string of the molecule is CN(C)c1ncnc2c1CCN(Cc1ccoc1)CC2. The third-order valence-electron chi connectivity index (χ3n) is 3.76. The highest BCUT2D eigenvalue weighted by Crippen LogP contribution is 2.22. The van der Waals surface area contributed by atoms with E-state index in [4.69, 9.17) is 4.42 Å². The molecule has 3 rings (SSSR count). The summed E-state index contributed by atoms with van der Waals surface area (Å²) in [6.07, 6.45) is 7.22. The highest BCUT2D eigenvalue weighted by atomic mass is 16.3. The molecule has 0 saturated carbocycles. The minimum absolute atomic E-state index is 0.940. The van der Waals surface area contributed by atoms with Crippen LogP contribution in [0.25, 0.3) is 0 Å². The molecule has 0 atom stereocenters. The van der Waals surface area contributed by atoms with E-state index in [0.717, 1.165) is 38.3 Å². The van der Waals surface area contributed by atoms with Crippen molar-refractivity contribution in [3.63, 3.8) is 0 Å². The fourth-order valence-electron chi connectivity index (χ4n) is 2.74. The fraction of sp³-hybridized carbons (Fsp3) is 0.467. The normalized spacial score (nSPS) is 15.7. The first-order valence-corrected chi connectivity index (χ1v) is 6.97. The molecule has 3 heterocycles. The second-order valence-electron chi connectivity index (χ2n) is 5.42. The predicted molar refractivity (Wildman–Crippen MR) is 77.8 cm³/mol. The van der Waals surface area contributed by atoms with Crippen molar-refractivity contribution in [3.8, 4) is 0 Å². The molecular formula is C15H20N4O. The minimum atomic E-state index is 0.940. The standard InChI is InChI=1S/C15H20N4O/c1-18(2)15-13-3-6-19(9-12-5-8-20-10-12)7-4-14(13)16-11-17-15/h5,8,10-11H,3-4,6-7,9H2,1-2H3. The van der Waals surface area contributed by atoms with Crippen molar-refractivity contribution in [2.75, 3.05) is 32.1 Å². The lowest BCUT2D eigenvalue weighted by atomic mass is 10.1. The van der Waals surface area contributed by atoms with E-state index in [1.807, 2.05) is 26.4 Å². The third kappa shape index (κ3) is 2.67. The maximum Gasteiger partial charge on any atom is 0.134 e. The smallest absolute Gasteiger partial charge is 0.134 e. The van der Waals surface area contributed by atoms with Crippen molar-refractivity contribution in [1.29, 1.82) is 0 Å². The summed E-state index contributed by atoms with van der Waals surface area (Å²) in [6, 6.07) is 2.03. The number of hydrogen-bond acceptors (Lipinski definition) is 5. The molecular weight excluding hydrogens is 252 g/mol. The number of nitrogens with zero attached hydrogens (tertiary/aromatic N) is 4. The van der Waals surface area contributed by atoms with Crippen LogP contribution in [0.15, 0.2) is 29.3 Å². The molecule has 0 N–H and O–H groups in total. The van der Waals surface area contributed by atoms with Gasteiger partial charge in [-0.25, -0.2) is 9.97 Å². The zero-order chi connectivity index (χ0) is 13.9. The third-order valence-corrected chi connectivity index (χ3v) is 3.76. The molecule has 0 radical (unpaired) electrons. The zero-order valence-electron chi connectivity index (χ0n) is 12.0. The van der Waals surface area contributed by atoms with Gasteiger partial charge in [0.1, 0.15) is 12.1 Å².